The zero-order valence-electron chi connectivity index (χ0n) is 6.28. The molecular weight excluding hydrogens is 178 g/mol. The van der Waals surface area contributed by atoms with Gasteiger partial charge in [0.1, 0.15) is 0 Å². The van der Waals surface area contributed by atoms with Gasteiger partial charge in [0.25, 0.3) is 0 Å². The third kappa shape index (κ3) is 8.44. The van der Waals surface area contributed by atoms with Gasteiger partial charge in [0.2, 0.25) is 0 Å². The minimum atomic E-state index is 0.639. The lowest BCUT2D eigenvalue weighted by atomic mass is 10.3. The lowest BCUT2D eigenvalue weighted by molar-refractivity contribution is 0.568. The molecule has 0 spiro atoms. The van der Waals surface area contributed by atoms with Crippen LogP contribution in [0.5, 0.6) is 0 Å². The fourth-order valence-electron chi connectivity index (χ4n) is 0.610. The molecule has 0 heterocycles. The van der Waals surface area contributed by atoms with Gasteiger partial charge in [0.05, 0.1) is 0 Å². The highest BCUT2D eigenvalue weighted by atomic mass is 79.9. The fraction of sp³-hybridized carbons (Fsp3) is 1.00. The molecule has 0 fully saturated rings. The minimum absolute atomic E-state index is 0.639. The molecule has 0 aliphatic heterocycles. The summed E-state index contributed by atoms with van der Waals surface area (Å²) in [5, 5.41) is 4.49. The summed E-state index contributed by atoms with van der Waals surface area (Å²) in [7, 11) is 0. The van der Waals surface area contributed by atoms with Gasteiger partial charge in [-0.15, -0.1) is 0 Å². The van der Waals surface area contributed by atoms with E-state index in [0.717, 1.165) is 11.9 Å². The molecule has 0 atom stereocenters. The molecule has 0 unspecified atom stereocenters. The fourth-order valence-corrected chi connectivity index (χ4v) is 1.01. The Hall–Kier alpha value is 0.440. The number of hydrogen-bond acceptors (Lipinski definition) is 1. The quantitative estimate of drug-likeness (QED) is 0.522. The van der Waals surface area contributed by atoms with Gasteiger partial charge in [-0.1, -0.05) is 29.8 Å². The van der Waals surface area contributed by atoms with E-state index >= 15 is 0 Å². The molecule has 0 radical (unpaired) electrons. The smallest absolute Gasteiger partial charge is 0.00317 e. The van der Waals surface area contributed by atoms with Crippen molar-refractivity contribution in [3.05, 3.63) is 0 Å². The zero-order chi connectivity index (χ0) is 7.11. The van der Waals surface area contributed by atoms with Gasteiger partial charge in [-0.05, 0) is 19.4 Å². The standard InChI is InChI=1S/C7H16BrN/c1-7(2)9-6-4-3-5-8/h7,9H,3-6H2,1-2H3. The first-order valence-corrected chi connectivity index (χ1v) is 4.69. The molecule has 0 aromatic carbocycles. The van der Waals surface area contributed by atoms with Crippen LogP contribution in [0.2, 0.25) is 0 Å². The molecule has 0 saturated carbocycles. The van der Waals surface area contributed by atoms with Crippen LogP contribution in [0.4, 0.5) is 0 Å². The molecule has 0 bridgehead atoms. The molecule has 56 valence electrons. The lowest BCUT2D eigenvalue weighted by Gasteiger charge is -2.05. The molecule has 2 heteroatoms. The van der Waals surface area contributed by atoms with Crippen LogP contribution in [-0.4, -0.2) is 17.9 Å². The predicted molar refractivity (Wildman–Crippen MR) is 46.2 cm³/mol. The van der Waals surface area contributed by atoms with Crippen LogP contribution in [-0.2, 0) is 0 Å². The summed E-state index contributed by atoms with van der Waals surface area (Å²) < 4.78 is 0. The second-order valence-electron chi connectivity index (χ2n) is 2.50. The lowest BCUT2D eigenvalue weighted by Crippen LogP contribution is -2.23. The Bertz CT molecular complexity index is 54.9. The molecule has 0 rings (SSSR count). The van der Waals surface area contributed by atoms with Gasteiger partial charge in [0.15, 0.2) is 0 Å². The second-order valence-corrected chi connectivity index (χ2v) is 3.30. The molecule has 0 aliphatic rings. The van der Waals surface area contributed by atoms with Crippen molar-refractivity contribution >= 4 is 15.9 Å². The van der Waals surface area contributed by atoms with Gasteiger partial charge < -0.3 is 5.32 Å². The van der Waals surface area contributed by atoms with Crippen molar-refractivity contribution in [2.45, 2.75) is 32.7 Å². The third-order valence-electron chi connectivity index (χ3n) is 1.11. The van der Waals surface area contributed by atoms with E-state index in [1.807, 2.05) is 0 Å². The van der Waals surface area contributed by atoms with E-state index in [9.17, 15) is 0 Å². The van der Waals surface area contributed by atoms with Gasteiger partial charge >= 0.3 is 0 Å². The Labute approximate surface area is 66.3 Å². The van der Waals surface area contributed by atoms with E-state index < -0.39 is 0 Å². The van der Waals surface area contributed by atoms with Crippen LogP contribution < -0.4 is 5.32 Å². The van der Waals surface area contributed by atoms with Crippen molar-refractivity contribution < 1.29 is 0 Å². The number of hydrogen-bond donors (Lipinski definition) is 1. The number of halogens is 1. The Morgan fingerprint density at radius 2 is 2.00 bits per heavy atom. The summed E-state index contributed by atoms with van der Waals surface area (Å²) in [6.07, 6.45) is 2.56. The molecule has 9 heavy (non-hydrogen) atoms. The molecule has 1 N–H and O–H groups in total. The minimum Gasteiger partial charge on any atom is -0.315 e. The maximum absolute atomic E-state index is 3.39. The first-order chi connectivity index (χ1) is 4.27. The summed E-state index contributed by atoms with van der Waals surface area (Å²) in [6, 6.07) is 0.639. The van der Waals surface area contributed by atoms with Crippen LogP contribution in [0.25, 0.3) is 0 Å². The first kappa shape index (κ1) is 9.44. The predicted octanol–water partition coefficient (Wildman–Crippen LogP) is 2.16. The molecular formula is C7H16BrN. The first-order valence-electron chi connectivity index (χ1n) is 3.56. The Balaban J connectivity index is 2.75. The van der Waals surface area contributed by atoms with Crippen molar-refractivity contribution in [2.24, 2.45) is 0 Å². The topological polar surface area (TPSA) is 12.0 Å². The monoisotopic (exact) mass is 193 g/mol. The molecule has 0 saturated heterocycles. The van der Waals surface area contributed by atoms with E-state index in [1.165, 1.54) is 12.8 Å². The summed E-state index contributed by atoms with van der Waals surface area (Å²) in [5.74, 6) is 0. The van der Waals surface area contributed by atoms with E-state index in [4.69, 9.17) is 0 Å². The maximum Gasteiger partial charge on any atom is 0.00317 e. The molecule has 0 amide bonds. The van der Waals surface area contributed by atoms with Crippen molar-refractivity contribution in [2.75, 3.05) is 11.9 Å². The Morgan fingerprint density at radius 3 is 2.44 bits per heavy atom. The van der Waals surface area contributed by atoms with Crippen molar-refractivity contribution in [1.29, 1.82) is 0 Å². The highest BCUT2D eigenvalue weighted by Gasteiger charge is 1.89. The third-order valence-corrected chi connectivity index (χ3v) is 1.67. The van der Waals surface area contributed by atoms with E-state index in [0.29, 0.717) is 6.04 Å². The highest BCUT2D eigenvalue weighted by Crippen LogP contribution is 1.91. The van der Waals surface area contributed by atoms with Gasteiger partial charge in [-0.2, -0.15) is 0 Å². The van der Waals surface area contributed by atoms with Gasteiger partial charge in [-0.25, -0.2) is 0 Å². The summed E-state index contributed by atoms with van der Waals surface area (Å²) in [4.78, 5) is 0. The highest BCUT2D eigenvalue weighted by molar-refractivity contribution is 9.09. The second kappa shape index (κ2) is 6.56. The van der Waals surface area contributed by atoms with E-state index in [1.54, 1.807) is 0 Å². The summed E-state index contributed by atoms with van der Waals surface area (Å²) in [5.41, 5.74) is 0. The van der Waals surface area contributed by atoms with Crippen molar-refractivity contribution in [3.8, 4) is 0 Å². The Morgan fingerprint density at radius 1 is 1.33 bits per heavy atom. The van der Waals surface area contributed by atoms with Gasteiger partial charge in [0, 0.05) is 11.4 Å². The normalized spacial score (nSPS) is 10.7. The largest absolute Gasteiger partial charge is 0.315 e. The van der Waals surface area contributed by atoms with Gasteiger partial charge in [-0.3, -0.25) is 0 Å². The van der Waals surface area contributed by atoms with Crippen molar-refractivity contribution in [3.63, 3.8) is 0 Å². The maximum atomic E-state index is 3.39. The van der Waals surface area contributed by atoms with Crippen LogP contribution in [0.1, 0.15) is 26.7 Å². The zero-order valence-corrected chi connectivity index (χ0v) is 7.87. The van der Waals surface area contributed by atoms with E-state index in [2.05, 4.69) is 35.1 Å². The van der Waals surface area contributed by atoms with Crippen LogP contribution in [0.15, 0.2) is 0 Å². The van der Waals surface area contributed by atoms with Crippen molar-refractivity contribution in [1.82, 2.24) is 5.32 Å². The molecule has 0 aromatic rings. The van der Waals surface area contributed by atoms with Crippen LogP contribution in [0.3, 0.4) is 0 Å². The average molecular weight is 194 g/mol. The molecule has 0 aromatic heterocycles. The summed E-state index contributed by atoms with van der Waals surface area (Å²) >= 11 is 3.39. The Kier molecular flexibility index (Phi) is 6.88. The number of alkyl halides is 1. The molecule has 1 nitrogen and oxygen atoms in total. The SMILES string of the molecule is CC(C)NCCCCBr. The average Bonchev–Trinajstić information content (AvgIpc) is 1.80. The molecule has 0 aliphatic carbocycles. The van der Waals surface area contributed by atoms with E-state index in [-0.39, 0.29) is 0 Å². The van der Waals surface area contributed by atoms with Crippen LogP contribution >= 0.6 is 15.9 Å². The summed E-state index contributed by atoms with van der Waals surface area (Å²) in [6.45, 7) is 5.51. The number of unbranched alkanes of at least 4 members (excludes halogenated alkanes) is 1. The number of rotatable bonds is 5. The van der Waals surface area contributed by atoms with Crippen LogP contribution in [0, 0.1) is 0 Å². The number of nitrogens with one attached hydrogen (secondary N) is 1.